The normalized spacial score (nSPS) is 12.8. The van der Waals surface area contributed by atoms with E-state index in [1.54, 1.807) is 0 Å². The molecule has 0 saturated heterocycles. The van der Waals surface area contributed by atoms with Gasteiger partial charge in [0.05, 0.1) is 5.41 Å². The third-order valence-corrected chi connectivity index (χ3v) is 11.2. The lowest BCUT2D eigenvalue weighted by molar-refractivity contribution is 0.665. The summed E-state index contributed by atoms with van der Waals surface area (Å²) >= 11 is 0. The summed E-state index contributed by atoms with van der Waals surface area (Å²) in [6, 6.07) is 70.5. The van der Waals surface area contributed by atoms with E-state index >= 15 is 0 Å². The summed E-state index contributed by atoms with van der Waals surface area (Å²) in [5, 5.41) is 2.26. The van der Waals surface area contributed by atoms with E-state index in [2.05, 4.69) is 127 Å². The molecule has 0 unspecified atom stereocenters. The highest BCUT2D eigenvalue weighted by atomic mass is 16.3. The Morgan fingerprint density at radius 1 is 0.321 bits per heavy atom. The Bertz CT molecular complexity index is 2970. The summed E-state index contributed by atoms with van der Waals surface area (Å²) in [7, 11) is 0. The maximum atomic E-state index is 6.48. The quantitative estimate of drug-likeness (QED) is 0.172. The van der Waals surface area contributed by atoms with E-state index < -0.39 is 5.41 Å². The van der Waals surface area contributed by atoms with E-state index in [0.29, 0.717) is 17.5 Å². The monoisotopic (exact) mass is 715 g/mol. The first-order chi connectivity index (χ1) is 27.7. The lowest BCUT2D eigenvalue weighted by atomic mass is 9.67. The number of para-hydroxylation sites is 1. The number of rotatable bonds is 6. The van der Waals surface area contributed by atoms with Gasteiger partial charge in [-0.05, 0) is 62.7 Å². The Morgan fingerprint density at radius 2 is 0.821 bits per heavy atom. The molecule has 0 atom stereocenters. The molecule has 2 aromatic heterocycles. The largest absolute Gasteiger partial charge is 0.456 e. The Hall–Kier alpha value is -7.43. The van der Waals surface area contributed by atoms with Crippen molar-refractivity contribution in [2.75, 3.05) is 0 Å². The van der Waals surface area contributed by atoms with Gasteiger partial charge < -0.3 is 4.42 Å². The number of fused-ring (bicyclic) bond motifs is 6. The molecule has 8 aromatic carbocycles. The van der Waals surface area contributed by atoms with Crippen LogP contribution in [0.25, 0.3) is 78.4 Å². The summed E-state index contributed by atoms with van der Waals surface area (Å²) in [4.78, 5) is 14.9. The zero-order valence-electron chi connectivity index (χ0n) is 30.3. The fourth-order valence-corrected chi connectivity index (χ4v) is 8.67. The Kier molecular flexibility index (Phi) is 7.36. The third-order valence-electron chi connectivity index (χ3n) is 11.2. The molecule has 0 saturated carbocycles. The van der Waals surface area contributed by atoms with E-state index in [9.17, 15) is 0 Å². The summed E-state index contributed by atoms with van der Waals surface area (Å²) in [6.07, 6.45) is 0. The van der Waals surface area contributed by atoms with Crippen molar-refractivity contribution in [2.45, 2.75) is 5.41 Å². The van der Waals surface area contributed by atoms with Gasteiger partial charge in [0.1, 0.15) is 11.2 Å². The van der Waals surface area contributed by atoms with Gasteiger partial charge in [-0.3, -0.25) is 0 Å². The molecule has 0 fully saturated rings. The molecular formula is C52H33N3O. The second kappa shape index (κ2) is 12.9. The minimum absolute atomic E-state index is 0.548. The van der Waals surface area contributed by atoms with Crippen LogP contribution in [-0.2, 0) is 5.41 Å². The number of furan rings is 1. The Balaban J connectivity index is 1.05. The minimum atomic E-state index is -0.548. The highest BCUT2D eigenvalue weighted by molar-refractivity contribution is 6.05. The van der Waals surface area contributed by atoms with Crippen LogP contribution in [0.4, 0.5) is 0 Å². The van der Waals surface area contributed by atoms with Crippen LogP contribution in [-0.4, -0.2) is 15.0 Å². The van der Waals surface area contributed by atoms with Crippen molar-refractivity contribution in [2.24, 2.45) is 0 Å². The van der Waals surface area contributed by atoms with E-state index in [4.69, 9.17) is 19.4 Å². The molecule has 0 N–H and O–H groups in total. The molecule has 56 heavy (non-hydrogen) atoms. The van der Waals surface area contributed by atoms with E-state index in [-0.39, 0.29) is 0 Å². The van der Waals surface area contributed by atoms with Gasteiger partial charge in [-0.15, -0.1) is 0 Å². The predicted molar refractivity (Wildman–Crippen MR) is 226 cm³/mol. The zero-order chi connectivity index (χ0) is 37.1. The second-order valence-corrected chi connectivity index (χ2v) is 14.3. The van der Waals surface area contributed by atoms with E-state index in [0.717, 1.165) is 49.8 Å². The van der Waals surface area contributed by atoms with Crippen molar-refractivity contribution in [1.29, 1.82) is 0 Å². The molecule has 0 aliphatic heterocycles. The fourth-order valence-electron chi connectivity index (χ4n) is 8.67. The van der Waals surface area contributed by atoms with Crippen molar-refractivity contribution in [3.8, 4) is 56.4 Å². The zero-order valence-corrected chi connectivity index (χ0v) is 30.3. The molecule has 4 nitrogen and oxygen atoms in total. The van der Waals surface area contributed by atoms with Gasteiger partial charge in [0.25, 0.3) is 0 Å². The average molecular weight is 716 g/mol. The number of aromatic nitrogens is 3. The smallest absolute Gasteiger partial charge is 0.164 e. The highest BCUT2D eigenvalue weighted by Gasteiger charge is 2.46. The molecule has 0 bridgehead atoms. The first kappa shape index (κ1) is 32.0. The van der Waals surface area contributed by atoms with Crippen molar-refractivity contribution in [3.63, 3.8) is 0 Å². The van der Waals surface area contributed by atoms with Crippen LogP contribution < -0.4 is 0 Å². The summed E-state index contributed by atoms with van der Waals surface area (Å²) in [6.45, 7) is 0. The molecule has 4 heteroatoms. The number of hydrogen-bond acceptors (Lipinski definition) is 4. The Labute approximate surface area is 324 Å². The topological polar surface area (TPSA) is 51.8 Å². The molecule has 0 spiro atoms. The first-order valence-corrected chi connectivity index (χ1v) is 18.9. The van der Waals surface area contributed by atoms with Crippen LogP contribution in [0.15, 0.2) is 205 Å². The highest BCUT2D eigenvalue weighted by Crippen LogP contribution is 2.56. The van der Waals surface area contributed by atoms with Gasteiger partial charge in [0, 0.05) is 27.5 Å². The minimum Gasteiger partial charge on any atom is -0.456 e. The van der Waals surface area contributed by atoms with Gasteiger partial charge in [-0.25, -0.2) is 15.0 Å². The average Bonchev–Trinajstić information content (AvgIpc) is 3.80. The maximum Gasteiger partial charge on any atom is 0.164 e. The van der Waals surface area contributed by atoms with E-state index in [1.807, 2.05) is 72.8 Å². The molecule has 262 valence electrons. The van der Waals surface area contributed by atoms with Crippen LogP contribution in [0, 0.1) is 0 Å². The lowest BCUT2D eigenvalue weighted by Gasteiger charge is -2.34. The van der Waals surface area contributed by atoms with Crippen molar-refractivity contribution < 1.29 is 4.42 Å². The van der Waals surface area contributed by atoms with Gasteiger partial charge in [0.15, 0.2) is 17.5 Å². The predicted octanol–water partition coefficient (Wildman–Crippen LogP) is 12.8. The number of hydrogen-bond donors (Lipinski definition) is 0. The van der Waals surface area contributed by atoms with Gasteiger partial charge in [-0.1, -0.05) is 182 Å². The summed E-state index contributed by atoms with van der Waals surface area (Å²) in [5.74, 6) is 1.93. The molecule has 11 rings (SSSR count). The second-order valence-electron chi connectivity index (χ2n) is 14.3. The van der Waals surface area contributed by atoms with Crippen molar-refractivity contribution >= 4 is 21.9 Å². The van der Waals surface area contributed by atoms with Gasteiger partial charge >= 0.3 is 0 Å². The molecule has 1 aliphatic carbocycles. The molecule has 1 aliphatic rings. The summed E-state index contributed by atoms with van der Waals surface area (Å²) < 4.78 is 6.48. The summed E-state index contributed by atoms with van der Waals surface area (Å²) in [5.41, 5.74) is 13.7. The molecule has 0 radical (unpaired) electrons. The van der Waals surface area contributed by atoms with Crippen LogP contribution in [0.3, 0.4) is 0 Å². The number of benzene rings is 8. The molecular weight excluding hydrogens is 683 g/mol. The van der Waals surface area contributed by atoms with Crippen LogP contribution in [0.1, 0.15) is 22.3 Å². The van der Waals surface area contributed by atoms with Crippen LogP contribution in [0.5, 0.6) is 0 Å². The molecule has 10 aromatic rings. The Morgan fingerprint density at radius 3 is 1.48 bits per heavy atom. The maximum absolute atomic E-state index is 6.48. The molecule has 2 heterocycles. The molecule has 0 amide bonds. The number of nitrogens with zero attached hydrogens (tertiary/aromatic N) is 3. The van der Waals surface area contributed by atoms with Crippen LogP contribution >= 0.6 is 0 Å². The van der Waals surface area contributed by atoms with Gasteiger partial charge in [-0.2, -0.15) is 0 Å². The van der Waals surface area contributed by atoms with Crippen LogP contribution in [0.2, 0.25) is 0 Å². The standard InChI is InChI=1S/C52H33N3O/c1-3-14-35(15-4-1)49-53-50(36-16-5-2-6-17-36)55-51(54-49)38-19-13-18-37(32-38)34-26-28-39(29-27-34)52(45-23-10-7-20-41(45)42-21-8-11-24-46(42)52)40-30-31-44-43-22-9-12-25-47(43)56-48(44)33-40/h1-33H. The third kappa shape index (κ3) is 5.04. The van der Waals surface area contributed by atoms with E-state index in [1.165, 1.54) is 33.4 Å². The first-order valence-electron chi connectivity index (χ1n) is 18.9. The van der Waals surface area contributed by atoms with Crippen molar-refractivity contribution in [1.82, 2.24) is 15.0 Å². The lowest BCUT2D eigenvalue weighted by Crippen LogP contribution is -2.28. The van der Waals surface area contributed by atoms with Gasteiger partial charge in [0.2, 0.25) is 0 Å². The SMILES string of the molecule is c1ccc(-c2nc(-c3ccccc3)nc(-c3cccc(-c4ccc(C5(c6ccc7c(c6)oc6ccccc67)c6ccccc6-c6ccccc65)cc4)c3)n2)cc1. The van der Waals surface area contributed by atoms with Crippen molar-refractivity contribution in [3.05, 3.63) is 222 Å². The fraction of sp³-hybridized carbons (Fsp3) is 0.0192.